The fourth-order valence-electron chi connectivity index (χ4n) is 2.06. The smallest absolute Gasteiger partial charge is 0.150 e. The number of benzene rings is 1. The molecule has 1 aromatic heterocycles. The molecule has 0 bridgehead atoms. The van der Waals surface area contributed by atoms with Crippen LogP contribution >= 0.6 is 0 Å². The van der Waals surface area contributed by atoms with Crippen molar-refractivity contribution < 1.29 is 9.53 Å². The van der Waals surface area contributed by atoms with Crippen molar-refractivity contribution in [1.29, 1.82) is 0 Å². The molecule has 0 amide bonds. The normalized spacial score (nSPS) is 12.2. The van der Waals surface area contributed by atoms with Crippen LogP contribution in [0.3, 0.4) is 0 Å². The highest BCUT2D eigenvalue weighted by Gasteiger charge is 2.21. The molecule has 1 aliphatic rings. The van der Waals surface area contributed by atoms with Crippen molar-refractivity contribution in [3.05, 3.63) is 35.4 Å². The van der Waals surface area contributed by atoms with E-state index in [1.165, 1.54) is 0 Å². The van der Waals surface area contributed by atoms with E-state index in [-0.39, 0.29) is 0 Å². The summed E-state index contributed by atoms with van der Waals surface area (Å²) in [6.07, 6.45) is 3.28. The monoisotopic (exact) mass is 259 g/mol. The van der Waals surface area contributed by atoms with E-state index in [2.05, 4.69) is 10.1 Å². The molecule has 0 saturated heterocycles. The average molecular weight is 259 g/mol. The summed E-state index contributed by atoms with van der Waals surface area (Å²) >= 11 is 0. The van der Waals surface area contributed by atoms with Gasteiger partial charge in [-0.25, -0.2) is 9.67 Å². The molecule has 1 aromatic carbocycles. The van der Waals surface area contributed by atoms with Crippen molar-refractivity contribution in [2.45, 2.75) is 27.2 Å². The average Bonchev–Trinajstić information content (AvgIpc) is 3.08. The molecule has 0 fully saturated rings. The second kappa shape index (κ2) is 5.65. The third-order valence-electron chi connectivity index (χ3n) is 2.85. The predicted molar refractivity (Wildman–Crippen MR) is 72.0 cm³/mol. The molecule has 0 N–H and O–H groups in total. The molecule has 1 aliphatic heterocycles. The van der Waals surface area contributed by atoms with Gasteiger partial charge in [-0.05, 0) is 19.1 Å². The summed E-state index contributed by atoms with van der Waals surface area (Å²) in [7, 11) is 0. The van der Waals surface area contributed by atoms with Crippen molar-refractivity contribution in [3.63, 3.8) is 0 Å². The van der Waals surface area contributed by atoms with E-state index in [0.29, 0.717) is 18.0 Å². The number of hydrogen-bond acceptors (Lipinski definition) is 4. The van der Waals surface area contributed by atoms with Gasteiger partial charge in [0.25, 0.3) is 0 Å². The molecule has 5 heteroatoms. The number of aromatic nitrogens is 3. The zero-order valence-electron chi connectivity index (χ0n) is 11.4. The van der Waals surface area contributed by atoms with Crippen LogP contribution < -0.4 is 4.74 Å². The molecule has 5 nitrogen and oxygen atoms in total. The minimum Gasteiger partial charge on any atom is -0.491 e. The Morgan fingerprint density at radius 1 is 1.37 bits per heavy atom. The van der Waals surface area contributed by atoms with Crippen molar-refractivity contribution >= 4 is 6.29 Å². The van der Waals surface area contributed by atoms with Gasteiger partial charge in [-0.3, -0.25) is 4.79 Å². The first-order valence-corrected chi connectivity index (χ1v) is 6.42. The molecule has 0 atom stereocenters. The number of fused-ring (bicyclic) bond motifs is 1. The number of nitrogens with zero attached hydrogens (tertiary/aromatic N) is 3. The van der Waals surface area contributed by atoms with Crippen LogP contribution in [0.1, 0.15) is 35.6 Å². The Labute approximate surface area is 112 Å². The highest BCUT2D eigenvalue weighted by Crippen LogP contribution is 2.33. The van der Waals surface area contributed by atoms with Crippen LogP contribution in [0.2, 0.25) is 0 Å². The van der Waals surface area contributed by atoms with Crippen molar-refractivity contribution in [2.75, 3.05) is 6.61 Å². The second-order valence-corrected chi connectivity index (χ2v) is 3.93. The molecule has 19 heavy (non-hydrogen) atoms. The minimum absolute atomic E-state index is 0.612. The standard InChI is InChI=1S/C12H11N3O2.C2H6/c1-8-13-7-15(14-8)11-3-2-9(6-16)10-4-5-17-12(10)11;1-2/h2-3,6-7H,4-5H2,1H3;1-2H3. The maximum atomic E-state index is 10.9. The molecular formula is C14H17N3O2. The Bertz CT molecular complexity index is 590. The SMILES string of the molecule is CC.Cc1ncn(-c2ccc(C=O)c3c2OCC3)n1. The maximum absolute atomic E-state index is 10.9. The zero-order valence-corrected chi connectivity index (χ0v) is 11.4. The Hall–Kier alpha value is -2.17. The highest BCUT2D eigenvalue weighted by molar-refractivity contribution is 5.80. The highest BCUT2D eigenvalue weighted by atomic mass is 16.5. The van der Waals surface area contributed by atoms with Gasteiger partial charge in [-0.1, -0.05) is 13.8 Å². The first-order valence-electron chi connectivity index (χ1n) is 6.42. The largest absolute Gasteiger partial charge is 0.491 e. The lowest BCUT2D eigenvalue weighted by Gasteiger charge is -2.08. The molecule has 2 aromatic rings. The minimum atomic E-state index is 0.612. The number of carbonyl (C=O) groups is 1. The maximum Gasteiger partial charge on any atom is 0.150 e. The van der Waals surface area contributed by atoms with Gasteiger partial charge in [-0.15, -0.1) is 0 Å². The molecule has 2 heterocycles. The van der Waals surface area contributed by atoms with Crippen LogP contribution in [-0.2, 0) is 6.42 Å². The van der Waals surface area contributed by atoms with E-state index in [0.717, 1.165) is 29.7 Å². The van der Waals surface area contributed by atoms with Gasteiger partial charge in [0, 0.05) is 17.5 Å². The lowest BCUT2D eigenvalue weighted by atomic mass is 10.1. The molecule has 0 spiro atoms. The summed E-state index contributed by atoms with van der Waals surface area (Å²) in [4.78, 5) is 15.0. The summed E-state index contributed by atoms with van der Waals surface area (Å²) in [6, 6.07) is 3.63. The number of hydrogen-bond donors (Lipinski definition) is 0. The van der Waals surface area contributed by atoms with Gasteiger partial charge in [0.15, 0.2) is 0 Å². The second-order valence-electron chi connectivity index (χ2n) is 3.93. The third-order valence-corrected chi connectivity index (χ3v) is 2.85. The summed E-state index contributed by atoms with van der Waals surface area (Å²) < 4.78 is 7.26. The van der Waals surface area contributed by atoms with Crippen LogP contribution in [0.5, 0.6) is 5.75 Å². The molecule has 3 rings (SSSR count). The third kappa shape index (κ3) is 2.36. The van der Waals surface area contributed by atoms with E-state index < -0.39 is 0 Å². The van der Waals surface area contributed by atoms with Gasteiger partial charge in [0.05, 0.1) is 6.61 Å². The van der Waals surface area contributed by atoms with Crippen LogP contribution in [0, 0.1) is 6.92 Å². The fourth-order valence-corrected chi connectivity index (χ4v) is 2.06. The van der Waals surface area contributed by atoms with Crippen molar-refractivity contribution in [2.24, 2.45) is 0 Å². The Morgan fingerprint density at radius 3 is 2.79 bits per heavy atom. The fraction of sp³-hybridized carbons (Fsp3) is 0.357. The number of ether oxygens (including phenoxy) is 1. The van der Waals surface area contributed by atoms with Crippen molar-refractivity contribution in [1.82, 2.24) is 14.8 Å². The van der Waals surface area contributed by atoms with Crippen molar-refractivity contribution in [3.8, 4) is 11.4 Å². The first kappa shape index (κ1) is 13.3. The Balaban J connectivity index is 0.000000637. The molecule has 100 valence electrons. The molecule has 0 saturated carbocycles. The summed E-state index contributed by atoms with van der Waals surface area (Å²) in [5.41, 5.74) is 2.49. The number of rotatable bonds is 2. The molecule has 0 radical (unpaired) electrons. The zero-order chi connectivity index (χ0) is 13.8. The van der Waals surface area contributed by atoms with Gasteiger partial charge in [0.1, 0.15) is 29.9 Å². The molecular weight excluding hydrogens is 242 g/mol. The van der Waals surface area contributed by atoms with Crippen LogP contribution in [0.4, 0.5) is 0 Å². The predicted octanol–water partition coefficient (Wildman–Crippen LogP) is 2.35. The number of carbonyl (C=O) groups excluding carboxylic acids is 1. The van der Waals surface area contributed by atoms with E-state index in [1.54, 1.807) is 17.1 Å². The summed E-state index contributed by atoms with van der Waals surface area (Å²) in [5, 5.41) is 4.25. The Kier molecular flexibility index (Phi) is 3.94. The molecule has 0 unspecified atom stereocenters. The first-order chi connectivity index (χ1) is 9.29. The van der Waals surface area contributed by atoms with Gasteiger partial charge >= 0.3 is 0 Å². The van der Waals surface area contributed by atoms with Crippen LogP contribution in [-0.4, -0.2) is 27.7 Å². The number of aryl methyl sites for hydroxylation is 1. The van der Waals surface area contributed by atoms with Gasteiger partial charge in [0.2, 0.25) is 0 Å². The quantitative estimate of drug-likeness (QED) is 0.777. The van der Waals surface area contributed by atoms with Crippen LogP contribution in [0.25, 0.3) is 5.69 Å². The Morgan fingerprint density at radius 2 is 2.16 bits per heavy atom. The van der Waals surface area contributed by atoms with Gasteiger partial charge < -0.3 is 4.74 Å². The molecule has 0 aliphatic carbocycles. The van der Waals surface area contributed by atoms with Crippen LogP contribution in [0.15, 0.2) is 18.5 Å². The topological polar surface area (TPSA) is 57.0 Å². The lowest BCUT2D eigenvalue weighted by molar-refractivity contribution is 0.112. The van der Waals surface area contributed by atoms with E-state index in [4.69, 9.17) is 4.74 Å². The van der Waals surface area contributed by atoms with E-state index >= 15 is 0 Å². The number of aldehydes is 1. The summed E-state index contributed by atoms with van der Waals surface area (Å²) in [6.45, 7) is 6.44. The van der Waals surface area contributed by atoms with Gasteiger partial charge in [-0.2, -0.15) is 5.10 Å². The summed E-state index contributed by atoms with van der Waals surface area (Å²) in [5.74, 6) is 1.45. The lowest BCUT2D eigenvalue weighted by Crippen LogP contribution is -2.00. The van der Waals surface area contributed by atoms with E-state index in [9.17, 15) is 4.79 Å². The van der Waals surface area contributed by atoms with E-state index in [1.807, 2.05) is 26.8 Å².